The molecule has 0 unspecified atom stereocenters. The van der Waals surface area contributed by atoms with E-state index in [4.69, 9.17) is 11.6 Å². The molecule has 2 aromatic rings. The third-order valence-corrected chi connectivity index (χ3v) is 3.27. The predicted molar refractivity (Wildman–Crippen MR) is 72.0 cm³/mol. The monoisotopic (exact) mass is 267 g/mol. The molecular formula is C12H14ClN3S. The quantitative estimate of drug-likeness (QED) is 0.775. The van der Waals surface area contributed by atoms with E-state index in [2.05, 4.69) is 30.9 Å². The molecule has 5 heteroatoms. The predicted octanol–water partition coefficient (Wildman–Crippen LogP) is 3.81. The Morgan fingerprint density at radius 3 is 2.71 bits per heavy atom. The van der Waals surface area contributed by atoms with Gasteiger partial charge in [0.2, 0.25) is 0 Å². The van der Waals surface area contributed by atoms with E-state index in [1.165, 1.54) is 0 Å². The highest BCUT2D eigenvalue weighted by Crippen LogP contribution is 2.30. The van der Waals surface area contributed by atoms with Gasteiger partial charge in [0.25, 0.3) is 0 Å². The van der Waals surface area contributed by atoms with Crippen molar-refractivity contribution in [2.45, 2.75) is 30.5 Å². The van der Waals surface area contributed by atoms with Crippen LogP contribution < -0.4 is 0 Å². The SMILES string of the molecule is CC(C)(C)Sc1ccn(-c2ncccc2Cl)n1. The maximum atomic E-state index is 6.07. The first-order valence-electron chi connectivity index (χ1n) is 5.31. The molecule has 0 aromatic carbocycles. The first-order valence-corrected chi connectivity index (χ1v) is 6.51. The lowest BCUT2D eigenvalue weighted by Gasteiger charge is -2.14. The molecular weight excluding hydrogens is 254 g/mol. The molecule has 0 bridgehead atoms. The third-order valence-electron chi connectivity index (χ3n) is 1.93. The molecule has 2 heterocycles. The van der Waals surface area contributed by atoms with Gasteiger partial charge in [0.05, 0.1) is 5.02 Å². The van der Waals surface area contributed by atoms with Gasteiger partial charge in [-0.1, -0.05) is 44.1 Å². The zero-order valence-electron chi connectivity index (χ0n) is 10.0. The van der Waals surface area contributed by atoms with Gasteiger partial charge in [-0.15, -0.1) is 0 Å². The summed E-state index contributed by atoms with van der Waals surface area (Å²) in [6.07, 6.45) is 3.59. The molecule has 3 nitrogen and oxygen atoms in total. The minimum absolute atomic E-state index is 0.146. The zero-order chi connectivity index (χ0) is 12.5. The average molecular weight is 268 g/mol. The van der Waals surface area contributed by atoms with Crippen molar-refractivity contribution in [3.05, 3.63) is 35.6 Å². The van der Waals surface area contributed by atoms with Gasteiger partial charge in [0, 0.05) is 17.1 Å². The van der Waals surface area contributed by atoms with Crippen LogP contribution in [0.4, 0.5) is 0 Å². The second-order valence-corrected chi connectivity index (χ2v) is 6.88. The number of pyridine rings is 1. The molecule has 0 aliphatic rings. The van der Waals surface area contributed by atoms with Crippen molar-refractivity contribution in [2.75, 3.05) is 0 Å². The van der Waals surface area contributed by atoms with E-state index < -0.39 is 0 Å². The fraction of sp³-hybridized carbons (Fsp3) is 0.333. The maximum absolute atomic E-state index is 6.07. The summed E-state index contributed by atoms with van der Waals surface area (Å²) in [4.78, 5) is 4.22. The van der Waals surface area contributed by atoms with Crippen LogP contribution in [-0.2, 0) is 0 Å². The maximum Gasteiger partial charge on any atom is 0.172 e. The van der Waals surface area contributed by atoms with Gasteiger partial charge in [-0.3, -0.25) is 0 Å². The highest BCUT2D eigenvalue weighted by molar-refractivity contribution is 8.00. The normalized spacial score (nSPS) is 11.8. The molecule has 0 N–H and O–H groups in total. The number of aromatic nitrogens is 3. The van der Waals surface area contributed by atoms with Crippen LogP contribution in [0.2, 0.25) is 5.02 Å². The van der Waals surface area contributed by atoms with Crippen molar-refractivity contribution in [3.63, 3.8) is 0 Å². The van der Waals surface area contributed by atoms with E-state index in [-0.39, 0.29) is 4.75 Å². The van der Waals surface area contributed by atoms with Crippen molar-refractivity contribution in [3.8, 4) is 5.82 Å². The van der Waals surface area contributed by atoms with Crippen LogP contribution in [0.15, 0.2) is 35.6 Å². The van der Waals surface area contributed by atoms with E-state index in [0.29, 0.717) is 10.8 Å². The summed E-state index contributed by atoms with van der Waals surface area (Å²) in [7, 11) is 0. The number of halogens is 1. The van der Waals surface area contributed by atoms with Gasteiger partial charge in [-0.25, -0.2) is 9.67 Å². The smallest absolute Gasteiger partial charge is 0.172 e. The van der Waals surface area contributed by atoms with Crippen LogP contribution in [0.3, 0.4) is 0 Å². The molecule has 0 saturated heterocycles. The summed E-state index contributed by atoms with van der Waals surface area (Å²) in [5, 5.41) is 6.03. The molecule has 17 heavy (non-hydrogen) atoms. The van der Waals surface area contributed by atoms with Gasteiger partial charge >= 0.3 is 0 Å². The molecule has 2 aromatic heterocycles. The van der Waals surface area contributed by atoms with E-state index in [9.17, 15) is 0 Å². The minimum Gasteiger partial charge on any atom is -0.236 e. The fourth-order valence-electron chi connectivity index (χ4n) is 1.34. The van der Waals surface area contributed by atoms with Crippen LogP contribution in [0.5, 0.6) is 0 Å². The largest absolute Gasteiger partial charge is 0.236 e. The van der Waals surface area contributed by atoms with Crippen LogP contribution in [0, 0.1) is 0 Å². The lowest BCUT2D eigenvalue weighted by molar-refractivity contribution is 0.780. The van der Waals surface area contributed by atoms with Crippen molar-refractivity contribution in [2.24, 2.45) is 0 Å². The number of hydrogen-bond donors (Lipinski definition) is 0. The first-order chi connectivity index (χ1) is 7.96. The Labute approximate surface area is 110 Å². The number of nitrogens with zero attached hydrogens (tertiary/aromatic N) is 3. The Kier molecular flexibility index (Phi) is 3.45. The van der Waals surface area contributed by atoms with Crippen LogP contribution in [0.1, 0.15) is 20.8 Å². The van der Waals surface area contributed by atoms with Crippen molar-refractivity contribution in [1.82, 2.24) is 14.8 Å². The van der Waals surface area contributed by atoms with E-state index in [1.807, 2.05) is 18.3 Å². The Morgan fingerprint density at radius 1 is 1.29 bits per heavy atom. The molecule has 0 radical (unpaired) electrons. The van der Waals surface area contributed by atoms with E-state index >= 15 is 0 Å². The lowest BCUT2D eigenvalue weighted by atomic mass is 10.3. The second-order valence-electron chi connectivity index (χ2n) is 4.62. The van der Waals surface area contributed by atoms with Crippen molar-refractivity contribution in [1.29, 1.82) is 0 Å². The number of thioether (sulfide) groups is 1. The first kappa shape index (κ1) is 12.5. The number of rotatable bonds is 2. The van der Waals surface area contributed by atoms with Crippen molar-refractivity contribution >= 4 is 23.4 Å². The molecule has 0 aliphatic carbocycles. The minimum atomic E-state index is 0.146. The van der Waals surface area contributed by atoms with Gasteiger partial charge in [-0.05, 0) is 18.2 Å². The topological polar surface area (TPSA) is 30.7 Å². The summed E-state index contributed by atoms with van der Waals surface area (Å²) in [5.41, 5.74) is 0. The summed E-state index contributed by atoms with van der Waals surface area (Å²) in [5.74, 6) is 0.662. The zero-order valence-corrected chi connectivity index (χ0v) is 11.6. The van der Waals surface area contributed by atoms with Crippen LogP contribution in [-0.4, -0.2) is 19.5 Å². The van der Waals surface area contributed by atoms with Crippen LogP contribution in [0.25, 0.3) is 5.82 Å². The molecule has 0 spiro atoms. The molecule has 0 amide bonds. The van der Waals surface area contributed by atoms with E-state index in [0.717, 1.165) is 5.03 Å². The van der Waals surface area contributed by atoms with Gasteiger partial charge < -0.3 is 0 Å². The number of hydrogen-bond acceptors (Lipinski definition) is 3. The Hall–Kier alpha value is -1.00. The highest BCUT2D eigenvalue weighted by atomic mass is 35.5. The Morgan fingerprint density at radius 2 is 2.06 bits per heavy atom. The average Bonchev–Trinajstić information content (AvgIpc) is 2.64. The summed E-state index contributed by atoms with van der Waals surface area (Å²) in [6.45, 7) is 6.47. The molecule has 2 rings (SSSR count). The second kappa shape index (κ2) is 4.70. The van der Waals surface area contributed by atoms with Gasteiger partial charge in [-0.2, -0.15) is 5.10 Å². The van der Waals surface area contributed by atoms with Crippen molar-refractivity contribution < 1.29 is 0 Å². The third kappa shape index (κ3) is 3.23. The molecule has 0 atom stereocenters. The van der Waals surface area contributed by atoms with Gasteiger partial charge in [0.15, 0.2) is 5.82 Å². The molecule has 0 aliphatic heterocycles. The Balaban J connectivity index is 2.28. The summed E-state index contributed by atoms with van der Waals surface area (Å²) >= 11 is 7.79. The summed E-state index contributed by atoms with van der Waals surface area (Å²) < 4.78 is 1.85. The van der Waals surface area contributed by atoms with E-state index in [1.54, 1.807) is 28.7 Å². The molecule has 0 fully saturated rings. The molecule has 90 valence electrons. The highest BCUT2D eigenvalue weighted by Gasteiger charge is 2.14. The lowest BCUT2D eigenvalue weighted by Crippen LogP contribution is -2.07. The standard InChI is InChI=1S/C12H14ClN3S/c1-12(2,3)17-10-6-8-16(15-10)11-9(13)5-4-7-14-11/h4-8H,1-3H3. The van der Waals surface area contributed by atoms with Crippen LogP contribution >= 0.6 is 23.4 Å². The summed E-state index contributed by atoms with van der Waals surface area (Å²) in [6, 6.07) is 5.59. The Bertz CT molecular complexity index is 516. The fourth-order valence-corrected chi connectivity index (χ4v) is 2.43. The molecule has 0 saturated carbocycles. The van der Waals surface area contributed by atoms with Gasteiger partial charge in [0.1, 0.15) is 5.03 Å².